The maximum absolute atomic E-state index is 4.97. The molecule has 6 rings (SSSR count). The highest BCUT2D eigenvalue weighted by Crippen LogP contribution is 2.47. The van der Waals surface area contributed by atoms with Crippen molar-refractivity contribution in [1.29, 1.82) is 0 Å². The second kappa shape index (κ2) is 5.93. The molecule has 0 saturated heterocycles. The van der Waals surface area contributed by atoms with Crippen LogP contribution in [0.3, 0.4) is 0 Å². The molecular formula is C26H18N2. The zero-order chi connectivity index (χ0) is 18.5. The van der Waals surface area contributed by atoms with Crippen LogP contribution in [0.2, 0.25) is 0 Å². The first kappa shape index (κ1) is 15.4. The first-order chi connectivity index (χ1) is 13.9. The SMILES string of the molecule is c1ccc(-c2ccc3nc(C4c5ccccc5-c5ccccc54)[nH]c3c2)cc1. The van der Waals surface area contributed by atoms with Crippen molar-refractivity contribution in [3.05, 3.63) is 114 Å². The average Bonchev–Trinajstić information content (AvgIpc) is 3.32. The van der Waals surface area contributed by atoms with Gasteiger partial charge in [-0.05, 0) is 45.5 Å². The number of hydrogen-bond acceptors (Lipinski definition) is 1. The molecule has 0 bridgehead atoms. The third-order valence-electron chi connectivity index (χ3n) is 5.71. The summed E-state index contributed by atoms with van der Waals surface area (Å²) in [6, 6.07) is 34.3. The van der Waals surface area contributed by atoms with Crippen molar-refractivity contribution in [3.8, 4) is 22.3 Å². The molecule has 2 nitrogen and oxygen atoms in total. The normalized spacial score (nSPS) is 12.9. The van der Waals surface area contributed by atoms with Crippen molar-refractivity contribution in [1.82, 2.24) is 9.97 Å². The quantitative estimate of drug-likeness (QED) is 0.382. The second-order valence-electron chi connectivity index (χ2n) is 7.33. The molecule has 1 aromatic heterocycles. The number of rotatable bonds is 2. The summed E-state index contributed by atoms with van der Waals surface area (Å²) in [4.78, 5) is 8.59. The van der Waals surface area contributed by atoms with E-state index in [1.165, 1.54) is 33.4 Å². The minimum atomic E-state index is 0.153. The number of aromatic amines is 1. The molecule has 0 amide bonds. The van der Waals surface area contributed by atoms with Crippen LogP contribution in [0.4, 0.5) is 0 Å². The molecular weight excluding hydrogens is 340 g/mol. The Kier molecular flexibility index (Phi) is 3.26. The summed E-state index contributed by atoms with van der Waals surface area (Å²) < 4.78 is 0. The molecule has 1 N–H and O–H groups in total. The van der Waals surface area contributed by atoms with Gasteiger partial charge < -0.3 is 4.98 Å². The lowest BCUT2D eigenvalue weighted by molar-refractivity contribution is 0.915. The summed E-state index contributed by atoms with van der Waals surface area (Å²) in [6.45, 7) is 0. The van der Waals surface area contributed by atoms with Gasteiger partial charge in [0.25, 0.3) is 0 Å². The standard InChI is InChI=1S/C26H18N2/c1-2-8-17(9-3-1)18-14-15-23-24(16-18)28-26(27-23)25-21-12-6-4-10-19(21)20-11-5-7-13-22(20)25/h1-16,25H,(H,27,28). The van der Waals surface area contributed by atoms with E-state index in [1.54, 1.807) is 0 Å². The van der Waals surface area contributed by atoms with Crippen molar-refractivity contribution in [3.63, 3.8) is 0 Å². The average molecular weight is 358 g/mol. The van der Waals surface area contributed by atoms with Crippen LogP contribution < -0.4 is 0 Å². The van der Waals surface area contributed by atoms with Gasteiger partial charge in [0.2, 0.25) is 0 Å². The predicted molar refractivity (Wildman–Crippen MR) is 114 cm³/mol. The van der Waals surface area contributed by atoms with E-state index >= 15 is 0 Å². The van der Waals surface area contributed by atoms with E-state index in [4.69, 9.17) is 4.98 Å². The third-order valence-corrected chi connectivity index (χ3v) is 5.71. The minimum Gasteiger partial charge on any atom is -0.341 e. The Labute approximate surface area is 163 Å². The molecule has 4 aromatic carbocycles. The molecule has 28 heavy (non-hydrogen) atoms. The molecule has 0 fully saturated rings. The first-order valence-corrected chi connectivity index (χ1v) is 9.62. The van der Waals surface area contributed by atoms with Crippen molar-refractivity contribution in [2.24, 2.45) is 0 Å². The molecule has 0 radical (unpaired) electrons. The maximum Gasteiger partial charge on any atom is 0.119 e. The van der Waals surface area contributed by atoms with Gasteiger partial charge in [-0.15, -0.1) is 0 Å². The van der Waals surface area contributed by atoms with Crippen molar-refractivity contribution in [2.75, 3.05) is 0 Å². The Bertz CT molecular complexity index is 1270. The van der Waals surface area contributed by atoms with E-state index in [-0.39, 0.29) is 5.92 Å². The number of benzene rings is 4. The number of nitrogens with one attached hydrogen (secondary N) is 1. The van der Waals surface area contributed by atoms with Crippen LogP contribution in [0, 0.1) is 0 Å². The number of nitrogens with zero attached hydrogens (tertiary/aromatic N) is 1. The van der Waals surface area contributed by atoms with Crippen LogP contribution in [0.5, 0.6) is 0 Å². The lowest BCUT2D eigenvalue weighted by Crippen LogP contribution is -2.01. The molecule has 0 atom stereocenters. The van der Waals surface area contributed by atoms with Crippen LogP contribution in [-0.2, 0) is 0 Å². The predicted octanol–water partition coefficient (Wildman–Crippen LogP) is 6.39. The van der Waals surface area contributed by atoms with Crippen molar-refractivity contribution in [2.45, 2.75) is 5.92 Å². The molecule has 0 aliphatic heterocycles. The zero-order valence-corrected chi connectivity index (χ0v) is 15.3. The van der Waals surface area contributed by atoms with Gasteiger partial charge in [0.05, 0.1) is 17.0 Å². The van der Waals surface area contributed by atoms with E-state index in [0.717, 1.165) is 16.9 Å². The summed E-state index contributed by atoms with van der Waals surface area (Å²) in [5, 5.41) is 0. The third kappa shape index (κ3) is 2.25. The molecule has 1 aliphatic carbocycles. The summed E-state index contributed by atoms with van der Waals surface area (Å²) in [5.41, 5.74) is 9.79. The van der Waals surface area contributed by atoms with E-state index in [9.17, 15) is 0 Å². The monoisotopic (exact) mass is 358 g/mol. The van der Waals surface area contributed by atoms with Gasteiger partial charge in [-0.1, -0.05) is 84.9 Å². The Morgan fingerprint density at radius 1 is 0.607 bits per heavy atom. The summed E-state index contributed by atoms with van der Waals surface area (Å²) in [6.07, 6.45) is 0. The summed E-state index contributed by atoms with van der Waals surface area (Å²) >= 11 is 0. The van der Waals surface area contributed by atoms with Crippen LogP contribution >= 0.6 is 0 Å². The van der Waals surface area contributed by atoms with Gasteiger partial charge in [0, 0.05) is 0 Å². The Hall–Kier alpha value is -3.65. The molecule has 0 unspecified atom stereocenters. The molecule has 0 saturated carbocycles. The molecule has 1 aliphatic rings. The first-order valence-electron chi connectivity index (χ1n) is 9.62. The fourth-order valence-electron chi connectivity index (χ4n) is 4.43. The Balaban J connectivity index is 1.52. The fourth-order valence-corrected chi connectivity index (χ4v) is 4.43. The fraction of sp³-hybridized carbons (Fsp3) is 0.0385. The Morgan fingerprint density at radius 3 is 1.96 bits per heavy atom. The largest absolute Gasteiger partial charge is 0.341 e. The minimum absolute atomic E-state index is 0.153. The highest BCUT2D eigenvalue weighted by atomic mass is 14.9. The number of H-pyrrole nitrogens is 1. The zero-order valence-electron chi connectivity index (χ0n) is 15.3. The van der Waals surface area contributed by atoms with Crippen LogP contribution in [0.25, 0.3) is 33.3 Å². The lowest BCUT2D eigenvalue weighted by Gasteiger charge is -2.10. The van der Waals surface area contributed by atoms with Gasteiger partial charge >= 0.3 is 0 Å². The molecule has 2 heteroatoms. The van der Waals surface area contributed by atoms with Gasteiger partial charge in [-0.2, -0.15) is 0 Å². The lowest BCUT2D eigenvalue weighted by atomic mass is 9.96. The van der Waals surface area contributed by atoms with E-state index in [1.807, 2.05) is 6.07 Å². The van der Waals surface area contributed by atoms with E-state index in [0.29, 0.717) is 0 Å². The van der Waals surface area contributed by atoms with Crippen LogP contribution in [0.1, 0.15) is 22.9 Å². The highest BCUT2D eigenvalue weighted by Gasteiger charge is 2.31. The number of hydrogen-bond donors (Lipinski definition) is 1. The van der Waals surface area contributed by atoms with Gasteiger partial charge in [0.1, 0.15) is 5.82 Å². The second-order valence-corrected chi connectivity index (χ2v) is 7.33. The van der Waals surface area contributed by atoms with Crippen molar-refractivity contribution >= 4 is 11.0 Å². The number of aromatic nitrogens is 2. The number of fused-ring (bicyclic) bond motifs is 4. The smallest absolute Gasteiger partial charge is 0.119 e. The van der Waals surface area contributed by atoms with Gasteiger partial charge in [-0.25, -0.2) is 4.98 Å². The highest BCUT2D eigenvalue weighted by molar-refractivity contribution is 5.84. The maximum atomic E-state index is 4.97. The molecule has 0 spiro atoms. The van der Waals surface area contributed by atoms with E-state index < -0.39 is 0 Å². The summed E-state index contributed by atoms with van der Waals surface area (Å²) in [5.74, 6) is 1.16. The molecule has 1 heterocycles. The van der Waals surface area contributed by atoms with Crippen molar-refractivity contribution < 1.29 is 0 Å². The van der Waals surface area contributed by atoms with Gasteiger partial charge in [-0.3, -0.25) is 0 Å². The Morgan fingerprint density at radius 2 is 1.25 bits per heavy atom. The van der Waals surface area contributed by atoms with Crippen LogP contribution in [-0.4, -0.2) is 9.97 Å². The molecule has 5 aromatic rings. The summed E-state index contributed by atoms with van der Waals surface area (Å²) in [7, 11) is 0. The van der Waals surface area contributed by atoms with E-state index in [2.05, 4.69) is 96.0 Å². The van der Waals surface area contributed by atoms with Gasteiger partial charge in [0.15, 0.2) is 0 Å². The van der Waals surface area contributed by atoms with Crippen LogP contribution in [0.15, 0.2) is 97.1 Å². The molecule has 132 valence electrons. The number of imidazole rings is 1. The topological polar surface area (TPSA) is 28.7 Å².